The van der Waals surface area contributed by atoms with Crippen molar-refractivity contribution >= 4 is 11.9 Å². The maximum absolute atomic E-state index is 9.55. The quantitative estimate of drug-likeness (QED) is 0.660. The van der Waals surface area contributed by atoms with E-state index < -0.39 is 11.9 Å². The van der Waals surface area contributed by atoms with Crippen LogP contribution in [0.25, 0.3) is 17.1 Å². The fraction of sp³-hybridized carbons (Fsp3) is 0. The van der Waals surface area contributed by atoms with E-state index in [0.29, 0.717) is 18.0 Å². The first-order valence-electron chi connectivity index (χ1n) is 6.81. The third-order valence-corrected chi connectivity index (χ3v) is 2.58. The highest BCUT2D eigenvalue weighted by atomic mass is 16.4. The van der Waals surface area contributed by atoms with Crippen molar-refractivity contribution < 1.29 is 19.8 Å². The lowest BCUT2D eigenvalue weighted by atomic mass is 10.3. The Morgan fingerprint density at radius 2 is 1.60 bits per heavy atom. The van der Waals surface area contributed by atoms with Crippen molar-refractivity contribution in [2.75, 3.05) is 0 Å². The van der Waals surface area contributed by atoms with E-state index in [-0.39, 0.29) is 0 Å². The van der Waals surface area contributed by atoms with Gasteiger partial charge in [-0.05, 0) is 29.5 Å². The van der Waals surface area contributed by atoms with Crippen LogP contribution in [0.4, 0.5) is 0 Å². The van der Waals surface area contributed by atoms with Gasteiger partial charge in [-0.2, -0.15) is 0 Å². The number of carboxylic acids is 2. The molecule has 0 fully saturated rings. The highest BCUT2D eigenvalue weighted by molar-refractivity contribution is 5.89. The smallest absolute Gasteiger partial charge is 0.328 e. The number of hydrogen-bond donors (Lipinski definition) is 2. The Balaban J connectivity index is 0.000000242. The van der Waals surface area contributed by atoms with Crippen LogP contribution in [0.1, 0.15) is 0 Å². The van der Waals surface area contributed by atoms with E-state index in [4.69, 9.17) is 10.2 Å². The molecule has 0 saturated heterocycles. The molecule has 0 amide bonds. The van der Waals surface area contributed by atoms with Gasteiger partial charge >= 0.3 is 11.9 Å². The van der Waals surface area contributed by atoms with E-state index in [0.717, 1.165) is 11.3 Å². The molecule has 0 radical (unpaired) electrons. The highest BCUT2D eigenvalue weighted by Crippen LogP contribution is 2.11. The molecule has 126 valence electrons. The minimum Gasteiger partial charge on any atom is -0.478 e. The first kappa shape index (κ1) is 17.4. The number of rotatable bonds is 4. The number of hydrogen-bond acceptors (Lipinski definition) is 7. The Hall–Kier alpha value is -3.95. The van der Waals surface area contributed by atoms with E-state index in [2.05, 4.69) is 25.4 Å². The average molecular weight is 340 g/mol. The second-order valence-electron chi connectivity index (χ2n) is 4.37. The molecule has 0 aromatic carbocycles. The third-order valence-electron chi connectivity index (χ3n) is 2.58. The molecule has 0 aliphatic rings. The van der Waals surface area contributed by atoms with Crippen molar-refractivity contribution in [3.05, 3.63) is 61.2 Å². The molecule has 0 spiro atoms. The molecule has 0 unspecified atom stereocenters. The van der Waals surface area contributed by atoms with Crippen LogP contribution in [0.3, 0.4) is 0 Å². The van der Waals surface area contributed by atoms with Crippen LogP contribution in [0.5, 0.6) is 0 Å². The second-order valence-corrected chi connectivity index (χ2v) is 4.37. The summed E-state index contributed by atoms with van der Waals surface area (Å²) in [4.78, 5) is 28.6. The summed E-state index contributed by atoms with van der Waals surface area (Å²) in [5, 5.41) is 27.8. The van der Waals surface area contributed by atoms with Crippen molar-refractivity contribution in [3.63, 3.8) is 0 Å². The van der Waals surface area contributed by atoms with E-state index in [1.807, 2.05) is 24.3 Å². The Bertz CT molecular complexity index is 794. The number of pyridine rings is 2. The molecule has 0 atom stereocenters. The molecule has 0 aliphatic carbocycles. The summed E-state index contributed by atoms with van der Waals surface area (Å²) in [6, 6.07) is 7.40. The number of tetrazole rings is 1. The highest BCUT2D eigenvalue weighted by Gasteiger charge is 2.06. The van der Waals surface area contributed by atoms with Crippen molar-refractivity contribution in [1.29, 1.82) is 0 Å². The molecule has 3 aromatic heterocycles. The van der Waals surface area contributed by atoms with Crippen molar-refractivity contribution in [2.24, 2.45) is 0 Å². The predicted octanol–water partition coefficient (Wildman–Crippen LogP) is 0.831. The van der Waals surface area contributed by atoms with Gasteiger partial charge in [0.1, 0.15) is 5.69 Å². The molecule has 0 saturated carbocycles. The largest absolute Gasteiger partial charge is 0.478 e. The Labute approximate surface area is 141 Å². The minimum atomic E-state index is -1.26. The zero-order chi connectivity index (χ0) is 18.1. The molecule has 10 heteroatoms. The van der Waals surface area contributed by atoms with Gasteiger partial charge in [-0.1, -0.05) is 0 Å². The number of aromatic nitrogens is 6. The number of nitrogens with zero attached hydrogens (tertiary/aromatic N) is 6. The summed E-state index contributed by atoms with van der Waals surface area (Å²) < 4.78 is 0. The number of aliphatic carboxylic acids is 2. The van der Waals surface area contributed by atoms with E-state index >= 15 is 0 Å². The number of carboxylic acid groups (broad SMARTS) is 2. The van der Waals surface area contributed by atoms with Gasteiger partial charge in [0.25, 0.3) is 0 Å². The first-order chi connectivity index (χ1) is 12.1. The fourth-order valence-corrected chi connectivity index (χ4v) is 1.55. The van der Waals surface area contributed by atoms with Gasteiger partial charge in [0, 0.05) is 36.3 Å². The summed E-state index contributed by atoms with van der Waals surface area (Å²) in [6.07, 6.45) is 7.89. The lowest BCUT2D eigenvalue weighted by Gasteiger charge is -1.95. The molecule has 3 rings (SSSR count). The molecule has 3 aromatic rings. The van der Waals surface area contributed by atoms with Gasteiger partial charge < -0.3 is 10.2 Å². The summed E-state index contributed by atoms with van der Waals surface area (Å²) in [5.74, 6) is -1.97. The zero-order valence-corrected chi connectivity index (χ0v) is 12.7. The second kappa shape index (κ2) is 8.62. The lowest BCUT2D eigenvalue weighted by molar-refractivity contribution is -0.134. The SMILES string of the molecule is O=C(O)/C=C/C(=O)O.c1cncc(-c2nnn(-c3cccnc3)n2)c1. The molecule has 25 heavy (non-hydrogen) atoms. The predicted molar refractivity (Wildman–Crippen MR) is 84.6 cm³/mol. The van der Waals surface area contributed by atoms with Crippen LogP contribution in [0.2, 0.25) is 0 Å². The van der Waals surface area contributed by atoms with Crippen molar-refractivity contribution in [2.45, 2.75) is 0 Å². The maximum atomic E-state index is 9.55. The summed E-state index contributed by atoms with van der Waals surface area (Å²) in [5.41, 5.74) is 1.61. The lowest BCUT2D eigenvalue weighted by Crippen LogP contribution is -1.98. The molecule has 3 heterocycles. The van der Waals surface area contributed by atoms with Gasteiger partial charge in [0.05, 0.1) is 6.20 Å². The molecular formula is C15H12N6O4. The van der Waals surface area contributed by atoms with Gasteiger partial charge in [0.15, 0.2) is 0 Å². The normalized spacial score (nSPS) is 10.1. The summed E-state index contributed by atoms with van der Waals surface area (Å²) in [6.45, 7) is 0. The van der Waals surface area contributed by atoms with Crippen LogP contribution in [-0.2, 0) is 9.59 Å². The monoisotopic (exact) mass is 340 g/mol. The van der Waals surface area contributed by atoms with Gasteiger partial charge in [-0.25, -0.2) is 9.59 Å². The van der Waals surface area contributed by atoms with Gasteiger partial charge in [0.2, 0.25) is 5.82 Å². The van der Waals surface area contributed by atoms with Crippen LogP contribution in [-0.4, -0.2) is 52.3 Å². The Morgan fingerprint density at radius 1 is 0.960 bits per heavy atom. The molecule has 10 nitrogen and oxygen atoms in total. The van der Waals surface area contributed by atoms with Crippen LogP contribution in [0, 0.1) is 0 Å². The minimum absolute atomic E-state index is 0.543. The maximum Gasteiger partial charge on any atom is 0.328 e. The zero-order valence-electron chi connectivity index (χ0n) is 12.7. The topological polar surface area (TPSA) is 144 Å². The molecular weight excluding hydrogens is 328 g/mol. The standard InChI is InChI=1S/C11H8N6.C4H4O4/c1-3-9(7-12-5-1)11-14-16-17(15-11)10-4-2-6-13-8-10;5-3(6)1-2-4(7)8/h1-8H;1-2H,(H,5,6)(H,7,8)/b;2-1+. The first-order valence-corrected chi connectivity index (χ1v) is 6.81. The molecule has 2 N–H and O–H groups in total. The third kappa shape index (κ3) is 5.63. The van der Waals surface area contributed by atoms with Gasteiger partial charge in [-0.15, -0.1) is 15.0 Å². The fourth-order valence-electron chi connectivity index (χ4n) is 1.55. The van der Waals surface area contributed by atoms with Crippen LogP contribution >= 0.6 is 0 Å². The van der Waals surface area contributed by atoms with Crippen molar-refractivity contribution in [1.82, 2.24) is 30.2 Å². The molecule has 0 bridgehead atoms. The number of carbonyl (C=O) groups is 2. The van der Waals surface area contributed by atoms with E-state index in [9.17, 15) is 9.59 Å². The molecule has 0 aliphatic heterocycles. The van der Waals surface area contributed by atoms with Crippen molar-refractivity contribution in [3.8, 4) is 17.1 Å². The van der Waals surface area contributed by atoms with Crippen LogP contribution < -0.4 is 0 Å². The van der Waals surface area contributed by atoms with Gasteiger partial charge in [-0.3, -0.25) is 9.97 Å². The summed E-state index contributed by atoms with van der Waals surface area (Å²) in [7, 11) is 0. The Morgan fingerprint density at radius 3 is 2.12 bits per heavy atom. The van der Waals surface area contributed by atoms with E-state index in [1.165, 1.54) is 4.80 Å². The Kier molecular flexibility index (Phi) is 6.00. The average Bonchev–Trinajstić information content (AvgIpc) is 3.12. The van der Waals surface area contributed by atoms with E-state index in [1.54, 1.807) is 24.8 Å². The summed E-state index contributed by atoms with van der Waals surface area (Å²) >= 11 is 0. The van der Waals surface area contributed by atoms with Crippen LogP contribution in [0.15, 0.2) is 61.2 Å².